The van der Waals surface area contributed by atoms with Gasteiger partial charge < -0.3 is 16.0 Å². The predicted molar refractivity (Wildman–Crippen MR) is 171 cm³/mol. The Hall–Kier alpha value is -5.68. The molecule has 0 aliphatic carbocycles. The number of hydrogen-bond acceptors (Lipinski definition) is 8. The fraction of sp³-hybridized carbons (Fsp3) is 0.0606. The first-order valence-corrected chi connectivity index (χ1v) is 14.6. The van der Waals surface area contributed by atoms with Crippen molar-refractivity contribution in [3.8, 4) is 21.6 Å². The third-order valence-electron chi connectivity index (χ3n) is 7.24. The summed E-state index contributed by atoms with van der Waals surface area (Å²) in [7, 11) is 0. The number of carbonyl (C=O) groups is 2. The molecule has 0 fully saturated rings. The molecule has 44 heavy (non-hydrogen) atoms. The maximum absolute atomic E-state index is 16.2. The number of para-hydroxylation sites is 1. The molecule has 0 atom stereocenters. The number of hydrogen-bond donors (Lipinski definition) is 4. The molecule has 0 bridgehead atoms. The molecule has 0 radical (unpaired) electrons. The molecule has 0 saturated heterocycles. The molecule has 0 saturated carbocycles. The van der Waals surface area contributed by atoms with Crippen LogP contribution in [0.3, 0.4) is 0 Å². The van der Waals surface area contributed by atoms with Gasteiger partial charge in [0.2, 0.25) is 5.91 Å². The van der Waals surface area contributed by atoms with Gasteiger partial charge in [-0.15, -0.1) is 11.3 Å². The quantitative estimate of drug-likeness (QED) is 0.144. The van der Waals surface area contributed by atoms with Gasteiger partial charge in [-0.05, 0) is 36.8 Å². The standard InChI is InChI=1S/C33H24FN7O2S/c1-18(42)26-10-11-27(44-26)22-8-5-9-24-31(22)36-17-25(39-24)32-29-30(34)23(16-37-33(29)41-40-32)20-13-21(15-35-14-20)38-28(43)12-19-6-3-2-4-7-19/h2-11,13-17,36,39H,12H2,1H3,(H,38,43)(H,37,40,41). The summed E-state index contributed by atoms with van der Waals surface area (Å²) in [5, 5.41) is 16.9. The Kier molecular flexibility index (Phi) is 6.91. The molecule has 216 valence electrons. The van der Waals surface area contributed by atoms with E-state index in [1.807, 2.05) is 60.7 Å². The molecule has 11 heteroatoms. The average Bonchev–Trinajstić information content (AvgIpc) is 3.70. The number of aromatic nitrogens is 4. The number of H-pyrrole nitrogens is 1. The van der Waals surface area contributed by atoms with Gasteiger partial charge >= 0.3 is 0 Å². The molecule has 9 nitrogen and oxygen atoms in total. The molecular formula is C33H24FN7O2S. The molecule has 1 amide bonds. The number of nitrogens with one attached hydrogen (secondary N) is 4. The second-order valence-corrected chi connectivity index (χ2v) is 11.3. The van der Waals surface area contributed by atoms with Gasteiger partial charge in [-0.25, -0.2) is 9.37 Å². The number of pyridine rings is 2. The molecule has 7 rings (SSSR count). The van der Waals surface area contributed by atoms with Gasteiger partial charge in [0.15, 0.2) is 11.4 Å². The van der Waals surface area contributed by atoms with Crippen LogP contribution in [-0.2, 0) is 11.2 Å². The van der Waals surface area contributed by atoms with Crippen molar-refractivity contribution in [2.45, 2.75) is 13.3 Å². The highest BCUT2D eigenvalue weighted by Gasteiger charge is 2.23. The Morgan fingerprint density at radius 2 is 1.84 bits per heavy atom. The van der Waals surface area contributed by atoms with Crippen LogP contribution in [0.4, 0.5) is 21.5 Å². The number of ketones is 1. The van der Waals surface area contributed by atoms with Gasteiger partial charge in [0.1, 0.15) is 5.82 Å². The molecule has 4 aromatic heterocycles. The Morgan fingerprint density at radius 3 is 2.66 bits per heavy atom. The van der Waals surface area contributed by atoms with E-state index in [9.17, 15) is 9.59 Å². The lowest BCUT2D eigenvalue weighted by atomic mass is 10.0. The minimum absolute atomic E-state index is 0.0239. The number of aromatic amines is 1. The van der Waals surface area contributed by atoms with Crippen LogP contribution >= 0.6 is 11.3 Å². The molecule has 0 spiro atoms. The highest BCUT2D eigenvalue weighted by atomic mass is 32.1. The van der Waals surface area contributed by atoms with E-state index in [-0.39, 0.29) is 34.7 Å². The first kappa shape index (κ1) is 27.2. The molecule has 2 aromatic carbocycles. The van der Waals surface area contributed by atoms with Crippen LogP contribution in [0, 0.1) is 5.82 Å². The van der Waals surface area contributed by atoms with Crippen molar-refractivity contribution in [1.82, 2.24) is 20.2 Å². The van der Waals surface area contributed by atoms with E-state index in [1.54, 1.807) is 19.2 Å². The number of thiophene rings is 1. The zero-order valence-corrected chi connectivity index (χ0v) is 24.1. The summed E-state index contributed by atoms with van der Waals surface area (Å²) in [6.07, 6.45) is 6.41. The monoisotopic (exact) mass is 601 g/mol. The fourth-order valence-electron chi connectivity index (χ4n) is 5.14. The smallest absolute Gasteiger partial charge is 0.228 e. The highest BCUT2D eigenvalue weighted by molar-refractivity contribution is 7.17. The normalized spacial score (nSPS) is 12.2. The van der Waals surface area contributed by atoms with E-state index in [4.69, 9.17) is 0 Å². The van der Waals surface area contributed by atoms with Gasteiger partial charge in [0, 0.05) is 40.2 Å². The SMILES string of the molecule is CC(=O)c1ccc(-c2cccc3c2NC=C(c2[nH]nc4ncc(-c5cncc(NC(=O)Cc6ccccc6)c5)c(F)c24)N3)s1. The third kappa shape index (κ3) is 5.09. The number of halogens is 1. The van der Waals surface area contributed by atoms with Gasteiger partial charge in [0.25, 0.3) is 0 Å². The number of benzene rings is 2. The van der Waals surface area contributed by atoms with Gasteiger partial charge in [-0.2, -0.15) is 5.10 Å². The number of anilines is 3. The van der Waals surface area contributed by atoms with Crippen LogP contribution in [0.1, 0.15) is 27.9 Å². The van der Waals surface area contributed by atoms with Crippen LogP contribution in [0.2, 0.25) is 0 Å². The Balaban J connectivity index is 1.17. The minimum Gasteiger partial charge on any atom is -0.358 e. The van der Waals surface area contributed by atoms with E-state index in [1.165, 1.54) is 29.9 Å². The fourth-order valence-corrected chi connectivity index (χ4v) is 6.07. The Labute approximate surface area is 254 Å². The van der Waals surface area contributed by atoms with Crippen molar-refractivity contribution >= 4 is 56.8 Å². The van der Waals surface area contributed by atoms with E-state index >= 15 is 4.39 Å². The van der Waals surface area contributed by atoms with Crippen LogP contribution in [-0.4, -0.2) is 31.9 Å². The largest absolute Gasteiger partial charge is 0.358 e. The van der Waals surface area contributed by atoms with Crippen LogP contribution in [0.5, 0.6) is 0 Å². The number of amides is 1. The predicted octanol–water partition coefficient (Wildman–Crippen LogP) is 7.11. The lowest BCUT2D eigenvalue weighted by Crippen LogP contribution is -2.14. The zero-order chi connectivity index (χ0) is 30.2. The molecule has 1 aliphatic rings. The lowest BCUT2D eigenvalue weighted by Gasteiger charge is -2.22. The number of nitrogens with zero attached hydrogens (tertiary/aromatic N) is 3. The van der Waals surface area contributed by atoms with E-state index < -0.39 is 5.82 Å². The summed E-state index contributed by atoms with van der Waals surface area (Å²) in [5.74, 6) is -0.701. The summed E-state index contributed by atoms with van der Waals surface area (Å²) in [4.78, 5) is 34.7. The van der Waals surface area contributed by atoms with Crippen LogP contribution in [0.25, 0.3) is 38.3 Å². The first-order chi connectivity index (χ1) is 21.4. The molecule has 6 aromatic rings. The second kappa shape index (κ2) is 11.2. The van der Waals surface area contributed by atoms with Crippen molar-refractivity contribution in [3.05, 3.63) is 113 Å². The summed E-state index contributed by atoms with van der Waals surface area (Å²) in [6, 6.07) is 20.7. The average molecular weight is 602 g/mol. The van der Waals surface area contributed by atoms with Crippen molar-refractivity contribution in [3.63, 3.8) is 0 Å². The lowest BCUT2D eigenvalue weighted by molar-refractivity contribution is -0.115. The maximum atomic E-state index is 16.2. The van der Waals surface area contributed by atoms with Crippen molar-refractivity contribution in [1.29, 1.82) is 0 Å². The number of fused-ring (bicyclic) bond motifs is 2. The van der Waals surface area contributed by atoms with Crippen LogP contribution < -0.4 is 16.0 Å². The topological polar surface area (TPSA) is 125 Å². The van der Waals surface area contributed by atoms with E-state index in [2.05, 4.69) is 36.1 Å². The minimum atomic E-state index is -0.522. The molecular weight excluding hydrogens is 577 g/mol. The maximum Gasteiger partial charge on any atom is 0.228 e. The third-order valence-corrected chi connectivity index (χ3v) is 8.46. The molecule has 5 heterocycles. The zero-order valence-electron chi connectivity index (χ0n) is 23.3. The summed E-state index contributed by atoms with van der Waals surface area (Å²) in [6.45, 7) is 1.55. The number of rotatable bonds is 7. The van der Waals surface area contributed by atoms with Crippen molar-refractivity contribution in [2.24, 2.45) is 0 Å². The van der Waals surface area contributed by atoms with Crippen LogP contribution in [0.15, 0.2) is 91.5 Å². The molecule has 4 N–H and O–H groups in total. The second-order valence-electron chi connectivity index (χ2n) is 10.2. The van der Waals surface area contributed by atoms with Gasteiger partial charge in [-0.3, -0.25) is 19.7 Å². The van der Waals surface area contributed by atoms with Gasteiger partial charge in [-0.1, -0.05) is 42.5 Å². The Morgan fingerprint density at radius 1 is 0.977 bits per heavy atom. The van der Waals surface area contributed by atoms with Gasteiger partial charge in [0.05, 0.1) is 51.3 Å². The summed E-state index contributed by atoms with van der Waals surface area (Å²) >= 11 is 1.43. The van der Waals surface area contributed by atoms with Crippen molar-refractivity contribution in [2.75, 3.05) is 16.0 Å². The molecule has 0 unspecified atom stereocenters. The summed E-state index contributed by atoms with van der Waals surface area (Å²) < 4.78 is 16.2. The van der Waals surface area contributed by atoms with E-state index in [0.717, 1.165) is 27.4 Å². The first-order valence-electron chi connectivity index (χ1n) is 13.7. The number of Topliss-reactive ketones (excluding diaryl/α,β-unsaturated/α-hetero) is 1. The Bertz CT molecular complexity index is 2100. The van der Waals surface area contributed by atoms with Crippen molar-refractivity contribution < 1.29 is 14.0 Å². The van der Waals surface area contributed by atoms with E-state index in [0.29, 0.717) is 27.5 Å². The summed E-state index contributed by atoms with van der Waals surface area (Å²) in [5.41, 5.74) is 5.80. The highest BCUT2D eigenvalue weighted by Crippen LogP contribution is 2.42. The molecule has 1 aliphatic heterocycles. The number of carbonyl (C=O) groups excluding carboxylic acids is 2.